The van der Waals surface area contributed by atoms with Gasteiger partial charge in [0, 0.05) is 28.8 Å². The van der Waals surface area contributed by atoms with Crippen molar-refractivity contribution in [2.24, 2.45) is 5.73 Å². The molecule has 4 heteroatoms. The fraction of sp³-hybridized carbons (Fsp3) is 0.500. The van der Waals surface area contributed by atoms with E-state index in [4.69, 9.17) is 5.73 Å². The van der Waals surface area contributed by atoms with Gasteiger partial charge in [0.25, 0.3) is 0 Å². The number of carbonyl (C=O) groups excluding carboxylic acids is 1. The van der Waals surface area contributed by atoms with Crippen molar-refractivity contribution < 1.29 is 4.79 Å². The van der Waals surface area contributed by atoms with Gasteiger partial charge in [-0.25, -0.2) is 0 Å². The van der Waals surface area contributed by atoms with Gasteiger partial charge in [-0.1, -0.05) is 0 Å². The molecule has 3 nitrogen and oxygen atoms in total. The van der Waals surface area contributed by atoms with Crippen LogP contribution in [-0.2, 0) is 11.3 Å². The van der Waals surface area contributed by atoms with Crippen molar-refractivity contribution in [2.45, 2.75) is 32.9 Å². The van der Waals surface area contributed by atoms with E-state index in [1.807, 2.05) is 6.92 Å². The van der Waals surface area contributed by atoms with Crippen LogP contribution in [0.1, 0.15) is 23.1 Å². The minimum atomic E-state index is -0.257. The first-order chi connectivity index (χ1) is 6.58. The van der Waals surface area contributed by atoms with Crippen LogP contribution >= 0.6 is 11.3 Å². The third kappa shape index (κ3) is 3.89. The summed E-state index contributed by atoms with van der Waals surface area (Å²) in [6.07, 6.45) is 0.393. The van der Waals surface area contributed by atoms with Crippen LogP contribution in [0.4, 0.5) is 0 Å². The lowest BCUT2D eigenvalue weighted by Gasteiger charge is -2.10. The van der Waals surface area contributed by atoms with Crippen molar-refractivity contribution in [2.75, 3.05) is 0 Å². The molecule has 0 aliphatic carbocycles. The second-order valence-corrected chi connectivity index (χ2v) is 4.84. The number of nitrogens with two attached hydrogens (primary N) is 1. The number of aryl methyl sites for hydroxylation is 1. The van der Waals surface area contributed by atoms with Crippen LogP contribution < -0.4 is 11.1 Å². The zero-order valence-corrected chi connectivity index (χ0v) is 9.36. The van der Waals surface area contributed by atoms with E-state index < -0.39 is 0 Å². The summed E-state index contributed by atoms with van der Waals surface area (Å²) < 4.78 is 0. The molecule has 1 heterocycles. The summed E-state index contributed by atoms with van der Waals surface area (Å²) in [4.78, 5) is 13.2. The van der Waals surface area contributed by atoms with E-state index in [1.165, 1.54) is 9.75 Å². The molecule has 1 rings (SSSR count). The average Bonchev–Trinajstić information content (AvgIpc) is 2.47. The summed E-state index contributed by atoms with van der Waals surface area (Å²) in [7, 11) is 0. The standard InChI is InChI=1S/C10H16N2OS/c1-7(5-10(11)13)12-6-9-4-3-8(2)14-9/h3-4,7,12H,5-6H2,1-2H3,(H2,11,13). The smallest absolute Gasteiger partial charge is 0.218 e. The van der Waals surface area contributed by atoms with E-state index in [0.717, 1.165) is 6.54 Å². The Morgan fingerprint density at radius 2 is 2.36 bits per heavy atom. The van der Waals surface area contributed by atoms with Gasteiger partial charge in [0.1, 0.15) is 0 Å². The molecular weight excluding hydrogens is 196 g/mol. The number of thiophene rings is 1. The summed E-state index contributed by atoms with van der Waals surface area (Å²) >= 11 is 1.77. The topological polar surface area (TPSA) is 55.1 Å². The van der Waals surface area contributed by atoms with E-state index in [0.29, 0.717) is 6.42 Å². The Labute approximate surface area is 88.3 Å². The maximum absolute atomic E-state index is 10.6. The van der Waals surface area contributed by atoms with E-state index in [1.54, 1.807) is 11.3 Å². The zero-order valence-electron chi connectivity index (χ0n) is 8.54. The first kappa shape index (κ1) is 11.2. The minimum Gasteiger partial charge on any atom is -0.370 e. The highest BCUT2D eigenvalue weighted by molar-refractivity contribution is 7.11. The van der Waals surface area contributed by atoms with Crippen molar-refractivity contribution in [3.8, 4) is 0 Å². The van der Waals surface area contributed by atoms with Crippen molar-refractivity contribution in [3.63, 3.8) is 0 Å². The molecule has 0 saturated carbocycles. The Morgan fingerprint density at radius 1 is 1.64 bits per heavy atom. The van der Waals surface area contributed by atoms with Gasteiger partial charge < -0.3 is 11.1 Å². The predicted octanol–water partition coefficient (Wildman–Crippen LogP) is 1.41. The van der Waals surface area contributed by atoms with Gasteiger partial charge in [-0.3, -0.25) is 4.79 Å². The lowest BCUT2D eigenvalue weighted by atomic mass is 10.2. The average molecular weight is 212 g/mol. The number of rotatable bonds is 5. The summed E-state index contributed by atoms with van der Waals surface area (Å²) in [6, 6.07) is 4.35. The van der Waals surface area contributed by atoms with Gasteiger partial charge in [-0.2, -0.15) is 0 Å². The molecule has 1 aromatic heterocycles. The molecule has 1 amide bonds. The lowest BCUT2D eigenvalue weighted by Crippen LogP contribution is -2.30. The van der Waals surface area contributed by atoms with E-state index in [9.17, 15) is 4.79 Å². The zero-order chi connectivity index (χ0) is 10.6. The normalized spacial score (nSPS) is 12.7. The molecule has 0 aliphatic heterocycles. The molecule has 0 fully saturated rings. The number of carbonyl (C=O) groups is 1. The van der Waals surface area contributed by atoms with Crippen LogP contribution in [0.15, 0.2) is 12.1 Å². The molecule has 0 aromatic carbocycles. The third-order valence-electron chi connectivity index (χ3n) is 1.93. The van der Waals surface area contributed by atoms with Gasteiger partial charge in [-0.05, 0) is 26.0 Å². The highest BCUT2D eigenvalue weighted by Crippen LogP contribution is 2.14. The number of hydrogen-bond donors (Lipinski definition) is 2. The number of amides is 1. The maximum atomic E-state index is 10.6. The van der Waals surface area contributed by atoms with Crippen LogP contribution in [0.3, 0.4) is 0 Å². The van der Waals surface area contributed by atoms with E-state index in [-0.39, 0.29) is 11.9 Å². The summed E-state index contributed by atoms with van der Waals surface area (Å²) in [6.45, 7) is 4.86. The summed E-state index contributed by atoms with van der Waals surface area (Å²) in [5, 5.41) is 3.25. The second kappa shape index (κ2) is 5.12. The van der Waals surface area contributed by atoms with Crippen LogP contribution in [0.2, 0.25) is 0 Å². The summed E-state index contributed by atoms with van der Waals surface area (Å²) in [5.74, 6) is -0.257. The Kier molecular flexibility index (Phi) is 4.10. The van der Waals surface area contributed by atoms with Crippen LogP contribution in [0.5, 0.6) is 0 Å². The Morgan fingerprint density at radius 3 is 2.86 bits per heavy atom. The van der Waals surface area contributed by atoms with Crippen LogP contribution in [-0.4, -0.2) is 11.9 Å². The van der Waals surface area contributed by atoms with Gasteiger partial charge in [0.15, 0.2) is 0 Å². The quantitative estimate of drug-likeness (QED) is 0.775. The van der Waals surface area contributed by atoms with Crippen molar-refractivity contribution in [3.05, 3.63) is 21.9 Å². The molecule has 0 aliphatic rings. The van der Waals surface area contributed by atoms with Gasteiger partial charge in [0.2, 0.25) is 5.91 Å². The van der Waals surface area contributed by atoms with Crippen LogP contribution in [0, 0.1) is 6.92 Å². The molecule has 0 spiro atoms. The van der Waals surface area contributed by atoms with Crippen LogP contribution in [0.25, 0.3) is 0 Å². The SMILES string of the molecule is Cc1ccc(CNC(C)CC(N)=O)s1. The fourth-order valence-corrected chi connectivity index (χ4v) is 2.07. The Bertz CT molecular complexity index is 309. The second-order valence-electron chi connectivity index (χ2n) is 3.46. The molecule has 1 atom stereocenters. The number of nitrogens with one attached hydrogen (secondary N) is 1. The first-order valence-electron chi connectivity index (χ1n) is 4.65. The predicted molar refractivity (Wildman–Crippen MR) is 59.2 cm³/mol. The third-order valence-corrected chi connectivity index (χ3v) is 2.93. The minimum absolute atomic E-state index is 0.148. The molecule has 78 valence electrons. The Hall–Kier alpha value is -0.870. The van der Waals surface area contributed by atoms with Crippen molar-refractivity contribution >= 4 is 17.2 Å². The largest absolute Gasteiger partial charge is 0.370 e. The Balaban J connectivity index is 2.30. The molecule has 3 N–H and O–H groups in total. The number of primary amides is 1. The molecular formula is C10H16N2OS. The highest BCUT2D eigenvalue weighted by atomic mass is 32.1. The van der Waals surface area contributed by atoms with E-state index in [2.05, 4.69) is 24.4 Å². The highest BCUT2D eigenvalue weighted by Gasteiger charge is 2.05. The van der Waals surface area contributed by atoms with E-state index >= 15 is 0 Å². The molecule has 0 saturated heterocycles. The van der Waals surface area contributed by atoms with Gasteiger partial charge in [-0.15, -0.1) is 11.3 Å². The molecule has 0 bridgehead atoms. The first-order valence-corrected chi connectivity index (χ1v) is 5.46. The van der Waals surface area contributed by atoms with Gasteiger partial charge in [0.05, 0.1) is 0 Å². The van der Waals surface area contributed by atoms with Crippen molar-refractivity contribution in [1.29, 1.82) is 0 Å². The van der Waals surface area contributed by atoms with Crippen molar-refractivity contribution in [1.82, 2.24) is 5.32 Å². The monoisotopic (exact) mass is 212 g/mol. The summed E-state index contributed by atoms with van der Waals surface area (Å²) in [5.41, 5.74) is 5.09. The maximum Gasteiger partial charge on any atom is 0.218 e. The fourth-order valence-electron chi connectivity index (χ4n) is 1.23. The van der Waals surface area contributed by atoms with Gasteiger partial charge >= 0.3 is 0 Å². The molecule has 1 unspecified atom stereocenters. The molecule has 0 radical (unpaired) electrons. The molecule has 1 aromatic rings. The molecule has 14 heavy (non-hydrogen) atoms. The number of hydrogen-bond acceptors (Lipinski definition) is 3. The lowest BCUT2D eigenvalue weighted by molar-refractivity contribution is -0.118.